The van der Waals surface area contributed by atoms with Crippen molar-refractivity contribution in [3.63, 3.8) is 0 Å². The third kappa shape index (κ3) is 8.10. The average molecular weight is 746 g/mol. The molecule has 2 heterocycles. The number of nitrogens with zero attached hydrogens (tertiary/aromatic N) is 1. The third-order valence-electron chi connectivity index (χ3n) is 9.76. The van der Waals surface area contributed by atoms with Crippen molar-refractivity contribution in [2.45, 2.75) is 140 Å². The first-order valence-electron chi connectivity index (χ1n) is 18.0. The Kier molecular flexibility index (Phi) is 11.1. The molecule has 2 aliphatic carbocycles. The van der Waals surface area contributed by atoms with Gasteiger partial charge in [0.1, 0.15) is 17.0 Å². The summed E-state index contributed by atoms with van der Waals surface area (Å²) in [4.78, 5) is 66.8. The van der Waals surface area contributed by atoms with Gasteiger partial charge in [0, 0.05) is 18.0 Å². The van der Waals surface area contributed by atoms with E-state index in [0.717, 1.165) is 12.0 Å². The Balaban J connectivity index is 1.41. The molecule has 0 aromatic heterocycles. The molecule has 0 amide bonds. The SMILES string of the molecule is CCCCOC(=O)[C@H](C)OC(=O)[C@H](CC(=O)OC1=CC[C@@]2(O)[C@H]3Cc4ccc(OC(=O)OC(C)(C)C)c5c4[C@@]2(CCN3C)[C@H]1O5)OC(=O)OC(C)(C)C. The monoisotopic (exact) mass is 745 g/mol. The molecule has 1 fully saturated rings. The highest BCUT2D eigenvalue weighted by Gasteiger charge is 2.72. The van der Waals surface area contributed by atoms with Crippen molar-refractivity contribution in [1.29, 1.82) is 0 Å². The number of benzene rings is 1. The van der Waals surface area contributed by atoms with Crippen LogP contribution >= 0.6 is 0 Å². The van der Waals surface area contributed by atoms with Gasteiger partial charge in [0.15, 0.2) is 23.7 Å². The van der Waals surface area contributed by atoms with Gasteiger partial charge in [0.05, 0.1) is 24.0 Å². The molecule has 0 radical (unpaired) electrons. The lowest BCUT2D eigenvalue weighted by Crippen LogP contribution is -2.74. The first-order chi connectivity index (χ1) is 24.7. The fourth-order valence-corrected chi connectivity index (χ4v) is 7.49. The fourth-order valence-electron chi connectivity index (χ4n) is 7.49. The van der Waals surface area contributed by atoms with Crippen molar-refractivity contribution in [3.05, 3.63) is 35.1 Å². The van der Waals surface area contributed by atoms with E-state index in [1.807, 2.05) is 20.0 Å². The second-order valence-electron chi connectivity index (χ2n) is 16.0. The Morgan fingerprint density at radius 3 is 2.32 bits per heavy atom. The minimum Gasteiger partial charge on any atom is -0.477 e. The Hall–Kier alpha value is -4.37. The number of rotatable bonds is 11. The fraction of sp³-hybridized carbons (Fsp3) is 0.658. The largest absolute Gasteiger partial charge is 0.514 e. The van der Waals surface area contributed by atoms with Gasteiger partial charge >= 0.3 is 30.2 Å². The van der Waals surface area contributed by atoms with Crippen LogP contribution in [-0.2, 0) is 54.6 Å². The Labute approximate surface area is 309 Å². The molecule has 4 aliphatic rings. The van der Waals surface area contributed by atoms with E-state index in [4.69, 9.17) is 37.9 Å². The molecule has 15 nitrogen and oxygen atoms in total. The van der Waals surface area contributed by atoms with Crippen LogP contribution in [-0.4, -0.2) is 102 Å². The molecule has 1 N–H and O–H groups in total. The molecule has 292 valence electrons. The van der Waals surface area contributed by atoms with E-state index in [1.54, 1.807) is 53.7 Å². The number of hydrogen-bond donors (Lipinski definition) is 1. The maximum Gasteiger partial charge on any atom is 0.514 e. The van der Waals surface area contributed by atoms with E-state index in [-0.39, 0.29) is 36.3 Å². The smallest absolute Gasteiger partial charge is 0.477 e. The summed E-state index contributed by atoms with van der Waals surface area (Å²) in [5, 5.41) is 12.6. The van der Waals surface area contributed by atoms with Gasteiger partial charge in [-0.05, 0) is 99.0 Å². The second-order valence-corrected chi connectivity index (χ2v) is 16.0. The van der Waals surface area contributed by atoms with Gasteiger partial charge in [-0.1, -0.05) is 19.4 Å². The van der Waals surface area contributed by atoms with Crippen molar-refractivity contribution in [2.24, 2.45) is 0 Å². The van der Waals surface area contributed by atoms with Crippen molar-refractivity contribution in [3.8, 4) is 11.5 Å². The van der Waals surface area contributed by atoms with E-state index in [9.17, 15) is 29.1 Å². The van der Waals surface area contributed by atoms with E-state index >= 15 is 0 Å². The first kappa shape index (κ1) is 39.8. The highest BCUT2D eigenvalue weighted by Crippen LogP contribution is 2.65. The summed E-state index contributed by atoms with van der Waals surface area (Å²) in [5.74, 6) is -2.61. The summed E-state index contributed by atoms with van der Waals surface area (Å²) < 4.78 is 44.2. The topological polar surface area (TPSA) is 183 Å². The van der Waals surface area contributed by atoms with E-state index in [1.165, 1.54) is 6.92 Å². The number of ether oxygens (including phenoxy) is 8. The van der Waals surface area contributed by atoms with Crippen LogP contribution in [0, 0.1) is 0 Å². The molecule has 1 aromatic rings. The van der Waals surface area contributed by atoms with Crippen LogP contribution < -0.4 is 9.47 Å². The number of unbranched alkanes of at least 4 members (excludes halogenated alkanes) is 1. The molecule has 5 rings (SSSR count). The lowest BCUT2D eigenvalue weighted by Gasteiger charge is -2.61. The summed E-state index contributed by atoms with van der Waals surface area (Å²) in [6.07, 6.45) is -3.27. The van der Waals surface area contributed by atoms with Crippen LogP contribution in [0.2, 0.25) is 0 Å². The van der Waals surface area contributed by atoms with Crippen LogP contribution in [0.5, 0.6) is 11.5 Å². The molecular formula is C38H51NO14. The van der Waals surface area contributed by atoms with Crippen LogP contribution in [0.1, 0.15) is 98.6 Å². The van der Waals surface area contributed by atoms with Crippen molar-refractivity contribution >= 4 is 30.2 Å². The second kappa shape index (κ2) is 14.8. The predicted octanol–water partition coefficient (Wildman–Crippen LogP) is 4.81. The van der Waals surface area contributed by atoms with Crippen LogP contribution in [0.25, 0.3) is 0 Å². The summed E-state index contributed by atoms with van der Waals surface area (Å²) in [6.45, 7) is 13.8. The molecule has 0 saturated carbocycles. The summed E-state index contributed by atoms with van der Waals surface area (Å²) in [5.41, 5.74) is -2.69. The van der Waals surface area contributed by atoms with E-state index in [0.29, 0.717) is 31.4 Å². The van der Waals surface area contributed by atoms with Gasteiger partial charge in [-0.2, -0.15) is 0 Å². The van der Waals surface area contributed by atoms with Gasteiger partial charge in [-0.25, -0.2) is 19.2 Å². The zero-order valence-electron chi connectivity index (χ0n) is 31.9. The molecule has 53 heavy (non-hydrogen) atoms. The number of hydrogen-bond acceptors (Lipinski definition) is 15. The van der Waals surface area contributed by atoms with Crippen molar-refractivity contribution in [1.82, 2.24) is 4.90 Å². The third-order valence-corrected chi connectivity index (χ3v) is 9.76. The van der Waals surface area contributed by atoms with Gasteiger partial charge in [0.2, 0.25) is 6.10 Å². The predicted molar refractivity (Wildman–Crippen MR) is 185 cm³/mol. The van der Waals surface area contributed by atoms with E-state index < -0.39 is 77.2 Å². The average Bonchev–Trinajstić information content (AvgIpc) is 3.39. The van der Waals surface area contributed by atoms with E-state index in [2.05, 4.69) is 4.90 Å². The number of likely N-dealkylation sites (tertiary alicyclic amines) is 1. The number of carbonyl (C=O) groups excluding carboxylic acids is 5. The number of aliphatic hydroxyl groups is 1. The summed E-state index contributed by atoms with van der Waals surface area (Å²) in [6, 6.07) is 3.16. The standard InChI is InChI=1S/C38H51NO14/c1-10-11-18-46-31(41)21(2)47-32(42)25(50-34(44)53-36(6,7)8)20-27(40)48-24-14-15-38(45)26-19-22-12-13-23(49-33(43)52-35(3,4)5)29-28(22)37(38,30(24)51-29)16-17-39(26)9/h12-14,21,25-26,30,45H,10-11,15-20H2,1-9H3/t21-,25-,26+,30-,37-,38+/m0/s1. The van der Waals surface area contributed by atoms with Crippen molar-refractivity contribution in [2.75, 3.05) is 20.2 Å². The molecule has 0 unspecified atom stereocenters. The van der Waals surface area contributed by atoms with Crippen molar-refractivity contribution < 1.29 is 67.0 Å². The normalized spacial score (nSPS) is 25.4. The minimum atomic E-state index is -1.85. The Bertz CT molecular complexity index is 1660. The van der Waals surface area contributed by atoms with Gasteiger partial charge < -0.3 is 47.9 Å². The lowest BCUT2D eigenvalue weighted by molar-refractivity contribution is -0.176. The Morgan fingerprint density at radius 1 is 0.981 bits per heavy atom. The molecule has 1 spiro atoms. The highest BCUT2D eigenvalue weighted by atomic mass is 16.7. The number of carbonyl (C=O) groups is 5. The Morgan fingerprint density at radius 2 is 1.66 bits per heavy atom. The van der Waals surface area contributed by atoms with Crippen LogP contribution in [0.4, 0.5) is 9.59 Å². The molecule has 1 saturated heterocycles. The summed E-state index contributed by atoms with van der Waals surface area (Å²) >= 11 is 0. The lowest BCUT2D eigenvalue weighted by atomic mass is 9.50. The zero-order valence-corrected chi connectivity index (χ0v) is 31.9. The molecule has 2 aliphatic heterocycles. The highest BCUT2D eigenvalue weighted by molar-refractivity contribution is 5.86. The van der Waals surface area contributed by atoms with Crippen LogP contribution in [0.3, 0.4) is 0 Å². The van der Waals surface area contributed by atoms with Gasteiger partial charge in [-0.15, -0.1) is 0 Å². The quantitative estimate of drug-likeness (QED) is 0.141. The van der Waals surface area contributed by atoms with Gasteiger partial charge in [-0.3, -0.25) is 4.79 Å². The summed E-state index contributed by atoms with van der Waals surface area (Å²) in [7, 11) is 1.95. The molecule has 6 atom stereocenters. The first-order valence-corrected chi connectivity index (χ1v) is 18.0. The molecular weight excluding hydrogens is 694 g/mol. The molecule has 2 bridgehead atoms. The minimum absolute atomic E-state index is 0.0625. The molecule has 1 aromatic carbocycles. The number of esters is 3. The zero-order chi connectivity index (χ0) is 39.1. The van der Waals surface area contributed by atoms with Crippen LogP contribution in [0.15, 0.2) is 24.0 Å². The maximum atomic E-state index is 13.7. The molecule has 15 heteroatoms. The maximum absolute atomic E-state index is 13.7. The number of likely N-dealkylation sites (N-methyl/N-ethyl adjacent to an activating group) is 1. The number of piperidine rings is 1. The van der Waals surface area contributed by atoms with Gasteiger partial charge in [0.25, 0.3) is 0 Å².